The van der Waals surface area contributed by atoms with Crippen LogP contribution >= 0.6 is 0 Å². The lowest BCUT2D eigenvalue weighted by Gasteiger charge is -2.10. The lowest BCUT2D eigenvalue weighted by Crippen LogP contribution is -2.04. The molecule has 0 aliphatic carbocycles. The summed E-state index contributed by atoms with van der Waals surface area (Å²) in [6, 6.07) is 14.1. The molecule has 2 aromatic rings. The molecule has 0 unspecified atom stereocenters. The molecule has 0 amide bonds. The number of hydrogen-bond acceptors (Lipinski definition) is 4. The molecule has 0 atom stereocenters. The van der Waals surface area contributed by atoms with E-state index >= 15 is 0 Å². The van der Waals surface area contributed by atoms with Crippen LogP contribution in [0.1, 0.15) is 5.56 Å². The number of carbonyl (C=O) groups excluding carboxylic acids is 1. The summed E-state index contributed by atoms with van der Waals surface area (Å²) >= 11 is 0. The van der Waals surface area contributed by atoms with Crippen molar-refractivity contribution in [3.8, 4) is 17.2 Å². The van der Waals surface area contributed by atoms with Gasteiger partial charge in [-0.15, -0.1) is 0 Å². The molecule has 0 saturated carbocycles. The average molecular weight is 258 g/mol. The van der Waals surface area contributed by atoms with Crippen LogP contribution in [0.5, 0.6) is 17.2 Å². The Labute approximate surface area is 111 Å². The minimum absolute atomic E-state index is 0.00826. The summed E-state index contributed by atoms with van der Waals surface area (Å²) in [6.45, 7) is 0. The fourth-order valence-corrected chi connectivity index (χ4v) is 1.64. The number of esters is 1. The van der Waals surface area contributed by atoms with E-state index in [4.69, 9.17) is 4.74 Å². The smallest absolute Gasteiger partial charge is 0.310 e. The molecule has 0 aliphatic heterocycles. The normalized spacial score (nSPS) is 9.95. The third kappa shape index (κ3) is 3.25. The van der Waals surface area contributed by atoms with E-state index in [2.05, 4.69) is 4.74 Å². The number of hydrogen-bond donors (Lipinski definition) is 1. The van der Waals surface area contributed by atoms with Crippen LogP contribution in [0.25, 0.3) is 0 Å². The summed E-state index contributed by atoms with van der Waals surface area (Å²) in [6.07, 6.45) is 0.00826. The number of phenolic OH excluding ortho intramolecular Hbond substituents is 1. The molecule has 0 saturated heterocycles. The predicted molar refractivity (Wildman–Crippen MR) is 70.3 cm³/mol. The van der Waals surface area contributed by atoms with Gasteiger partial charge in [-0.05, 0) is 18.2 Å². The number of aromatic hydroxyl groups is 1. The van der Waals surface area contributed by atoms with Crippen LogP contribution < -0.4 is 4.74 Å². The second-order valence-corrected chi connectivity index (χ2v) is 3.93. The standard InChI is InChI=1S/C15H14O4/c1-18-14(16)10-11-6-5-9-13(15(11)17)19-12-7-3-2-4-8-12/h2-9,17H,10H2,1H3. The van der Waals surface area contributed by atoms with Crippen molar-refractivity contribution in [1.29, 1.82) is 0 Å². The number of ether oxygens (including phenoxy) is 2. The van der Waals surface area contributed by atoms with Crippen LogP contribution in [0.2, 0.25) is 0 Å². The van der Waals surface area contributed by atoms with E-state index in [-0.39, 0.29) is 12.2 Å². The second kappa shape index (κ2) is 5.91. The van der Waals surface area contributed by atoms with Crippen molar-refractivity contribution >= 4 is 5.97 Å². The van der Waals surface area contributed by atoms with E-state index in [0.717, 1.165) is 0 Å². The predicted octanol–water partition coefficient (Wildman–Crippen LogP) is 2.90. The lowest BCUT2D eigenvalue weighted by molar-refractivity contribution is -0.139. The van der Waals surface area contributed by atoms with Crippen molar-refractivity contribution < 1.29 is 19.4 Å². The van der Waals surface area contributed by atoms with Crippen LogP contribution in [-0.2, 0) is 16.0 Å². The van der Waals surface area contributed by atoms with Crippen molar-refractivity contribution in [2.24, 2.45) is 0 Å². The molecular weight excluding hydrogens is 244 g/mol. The molecule has 0 bridgehead atoms. The highest BCUT2D eigenvalue weighted by molar-refractivity contribution is 5.74. The summed E-state index contributed by atoms with van der Waals surface area (Å²) in [5.74, 6) is 0.476. The van der Waals surface area contributed by atoms with E-state index < -0.39 is 5.97 Å². The Balaban J connectivity index is 2.22. The molecule has 4 nitrogen and oxygen atoms in total. The SMILES string of the molecule is COC(=O)Cc1cccc(Oc2ccccc2)c1O. The van der Waals surface area contributed by atoms with E-state index in [1.165, 1.54) is 7.11 Å². The first-order valence-electron chi connectivity index (χ1n) is 5.81. The summed E-state index contributed by atoms with van der Waals surface area (Å²) in [7, 11) is 1.31. The molecule has 0 fully saturated rings. The third-order valence-electron chi connectivity index (χ3n) is 2.62. The quantitative estimate of drug-likeness (QED) is 0.857. The monoisotopic (exact) mass is 258 g/mol. The topological polar surface area (TPSA) is 55.8 Å². The number of phenols is 1. The van der Waals surface area contributed by atoms with E-state index in [9.17, 15) is 9.90 Å². The molecule has 0 aliphatic rings. The molecule has 0 spiro atoms. The lowest BCUT2D eigenvalue weighted by atomic mass is 10.1. The van der Waals surface area contributed by atoms with E-state index in [1.807, 2.05) is 18.2 Å². The highest BCUT2D eigenvalue weighted by Gasteiger charge is 2.12. The zero-order chi connectivity index (χ0) is 13.7. The van der Waals surface area contributed by atoms with Crippen molar-refractivity contribution in [1.82, 2.24) is 0 Å². The Kier molecular flexibility index (Phi) is 4.03. The Hall–Kier alpha value is -2.49. The Morgan fingerprint density at radius 3 is 2.53 bits per heavy atom. The maximum absolute atomic E-state index is 11.2. The van der Waals surface area contributed by atoms with Crippen molar-refractivity contribution in [3.05, 3.63) is 54.1 Å². The fraction of sp³-hybridized carbons (Fsp3) is 0.133. The van der Waals surface area contributed by atoms with Gasteiger partial charge in [-0.1, -0.05) is 30.3 Å². The van der Waals surface area contributed by atoms with Gasteiger partial charge in [-0.2, -0.15) is 0 Å². The molecule has 2 rings (SSSR count). The number of para-hydroxylation sites is 2. The van der Waals surface area contributed by atoms with Gasteiger partial charge in [0.05, 0.1) is 13.5 Å². The van der Waals surface area contributed by atoms with Gasteiger partial charge in [0.1, 0.15) is 5.75 Å². The maximum atomic E-state index is 11.2. The third-order valence-corrected chi connectivity index (χ3v) is 2.62. The molecular formula is C15H14O4. The summed E-state index contributed by atoms with van der Waals surface area (Å²) in [5.41, 5.74) is 0.472. The van der Waals surface area contributed by atoms with E-state index in [1.54, 1.807) is 30.3 Å². The molecule has 0 heterocycles. The molecule has 2 aromatic carbocycles. The molecule has 0 radical (unpaired) electrons. The number of carbonyl (C=O) groups is 1. The Morgan fingerprint density at radius 2 is 1.84 bits per heavy atom. The first kappa shape index (κ1) is 13.0. The average Bonchev–Trinajstić information content (AvgIpc) is 2.44. The highest BCUT2D eigenvalue weighted by Crippen LogP contribution is 2.33. The van der Waals surface area contributed by atoms with E-state index in [0.29, 0.717) is 17.1 Å². The Morgan fingerprint density at radius 1 is 1.11 bits per heavy atom. The molecule has 4 heteroatoms. The van der Waals surface area contributed by atoms with Crippen LogP contribution in [-0.4, -0.2) is 18.2 Å². The number of benzene rings is 2. The molecule has 0 aromatic heterocycles. The van der Waals surface area contributed by atoms with Crippen LogP contribution in [0.4, 0.5) is 0 Å². The summed E-state index contributed by atoms with van der Waals surface area (Å²) in [5, 5.41) is 10.1. The minimum Gasteiger partial charge on any atom is -0.504 e. The fourth-order valence-electron chi connectivity index (χ4n) is 1.64. The van der Waals surface area contributed by atoms with Crippen LogP contribution in [0, 0.1) is 0 Å². The zero-order valence-corrected chi connectivity index (χ0v) is 10.5. The van der Waals surface area contributed by atoms with Gasteiger partial charge in [-0.25, -0.2) is 0 Å². The largest absolute Gasteiger partial charge is 0.504 e. The number of rotatable bonds is 4. The van der Waals surface area contributed by atoms with Gasteiger partial charge in [0.15, 0.2) is 11.5 Å². The highest BCUT2D eigenvalue weighted by atomic mass is 16.5. The van der Waals surface area contributed by atoms with Gasteiger partial charge in [0, 0.05) is 5.56 Å². The minimum atomic E-state index is -0.410. The van der Waals surface area contributed by atoms with Crippen LogP contribution in [0.3, 0.4) is 0 Å². The van der Waals surface area contributed by atoms with Gasteiger partial charge in [0.2, 0.25) is 0 Å². The van der Waals surface area contributed by atoms with Crippen LogP contribution in [0.15, 0.2) is 48.5 Å². The summed E-state index contributed by atoms with van der Waals surface area (Å²) in [4.78, 5) is 11.2. The zero-order valence-electron chi connectivity index (χ0n) is 10.5. The second-order valence-electron chi connectivity index (χ2n) is 3.93. The van der Waals surface area contributed by atoms with Gasteiger partial charge >= 0.3 is 5.97 Å². The summed E-state index contributed by atoms with van der Waals surface area (Å²) < 4.78 is 10.1. The van der Waals surface area contributed by atoms with Crippen molar-refractivity contribution in [2.75, 3.05) is 7.11 Å². The van der Waals surface area contributed by atoms with Crippen molar-refractivity contribution in [2.45, 2.75) is 6.42 Å². The molecule has 19 heavy (non-hydrogen) atoms. The van der Waals surface area contributed by atoms with Gasteiger partial charge in [-0.3, -0.25) is 4.79 Å². The first-order valence-corrected chi connectivity index (χ1v) is 5.81. The first-order chi connectivity index (χ1) is 9.20. The van der Waals surface area contributed by atoms with Crippen molar-refractivity contribution in [3.63, 3.8) is 0 Å². The molecule has 1 N–H and O–H groups in total. The van der Waals surface area contributed by atoms with Gasteiger partial charge in [0.25, 0.3) is 0 Å². The molecule has 98 valence electrons. The Bertz CT molecular complexity index is 564. The maximum Gasteiger partial charge on any atom is 0.310 e. The van der Waals surface area contributed by atoms with Gasteiger partial charge < -0.3 is 14.6 Å². The number of methoxy groups -OCH3 is 1.